The molecule has 4 atom stereocenters. The summed E-state index contributed by atoms with van der Waals surface area (Å²) in [5, 5.41) is 20.5. The van der Waals surface area contributed by atoms with Crippen molar-refractivity contribution >= 4 is 29.8 Å². The van der Waals surface area contributed by atoms with Gasteiger partial charge < -0.3 is 21.7 Å². The fourth-order valence-electron chi connectivity index (χ4n) is 5.99. The fraction of sp³-hybridized carbons (Fsp3) is 0.469. The molecular weight excluding hydrogens is 845 g/mol. The third-order valence-corrected chi connectivity index (χ3v) is 13.6. The van der Waals surface area contributed by atoms with Crippen LogP contribution in [-0.2, 0) is 56.4 Å². The second kappa shape index (κ2) is 34.8. The molecule has 59 heavy (non-hydrogen) atoms. The molecule has 7 nitrogen and oxygen atoms in total. The zero-order chi connectivity index (χ0) is 39.4. The van der Waals surface area contributed by atoms with Crippen LogP contribution in [0.1, 0.15) is 131 Å². The summed E-state index contributed by atoms with van der Waals surface area (Å²) in [6.07, 6.45) is 4.96. The summed E-state index contributed by atoms with van der Waals surface area (Å²) in [4.78, 5) is 22.8. The summed E-state index contributed by atoms with van der Waals surface area (Å²) < 4.78 is 0. The maximum Gasteiger partial charge on any atom is 2.00 e. The van der Waals surface area contributed by atoms with Crippen molar-refractivity contribution in [2.45, 2.75) is 134 Å². The fourth-order valence-corrected chi connectivity index (χ4v) is 9.25. The molecule has 0 heterocycles. The maximum absolute atomic E-state index is 10.7. The summed E-state index contributed by atoms with van der Waals surface area (Å²) in [5.74, 6) is -0.929. The van der Waals surface area contributed by atoms with E-state index in [1.165, 1.54) is 38.6 Å². The van der Waals surface area contributed by atoms with Crippen molar-refractivity contribution in [2.24, 2.45) is 0 Å². The van der Waals surface area contributed by atoms with Crippen LogP contribution in [0.25, 0.3) is 11.5 Å². The quantitative estimate of drug-likeness (QED) is 0.0806. The van der Waals surface area contributed by atoms with Crippen molar-refractivity contribution in [1.29, 1.82) is 0 Å². The van der Waals surface area contributed by atoms with E-state index in [-0.39, 0.29) is 89.0 Å². The van der Waals surface area contributed by atoms with Crippen molar-refractivity contribution < 1.29 is 53.9 Å². The molecule has 0 aliphatic carbocycles. The van der Waals surface area contributed by atoms with Crippen LogP contribution in [0, 0.1) is 0 Å². The van der Waals surface area contributed by atoms with Crippen LogP contribution >= 0.6 is 7.26 Å². The Balaban J connectivity index is -0.000000260. The first kappa shape index (κ1) is 65.3. The molecule has 0 aromatic heterocycles. The molecule has 1 radical (unpaired) electrons. The summed E-state index contributed by atoms with van der Waals surface area (Å²) in [6, 6.07) is 39.2. The molecule has 4 aromatic carbocycles. The Kier molecular flexibility index (Phi) is 38.6. The van der Waals surface area contributed by atoms with Crippen LogP contribution in [-0.4, -0.2) is 58.9 Å². The van der Waals surface area contributed by atoms with Crippen molar-refractivity contribution in [2.75, 3.05) is 19.8 Å². The van der Waals surface area contributed by atoms with E-state index in [0.717, 1.165) is 31.0 Å². The molecule has 0 amide bonds. The first-order valence-corrected chi connectivity index (χ1v) is 21.4. The van der Waals surface area contributed by atoms with Crippen molar-refractivity contribution in [3.8, 4) is 0 Å². The van der Waals surface area contributed by atoms with E-state index in [2.05, 4.69) is 119 Å². The van der Waals surface area contributed by atoms with Gasteiger partial charge in [-0.1, -0.05) is 169 Å². The van der Waals surface area contributed by atoms with Crippen LogP contribution in [0.3, 0.4) is 0 Å². The van der Waals surface area contributed by atoms with Crippen LogP contribution in [0.4, 0.5) is 0 Å². The van der Waals surface area contributed by atoms with Crippen molar-refractivity contribution in [1.82, 2.24) is 4.90 Å². The molecule has 0 spiro atoms. The van der Waals surface area contributed by atoms with Gasteiger partial charge in [0.25, 0.3) is 0 Å². The number of carbonyl (C=O) groups is 2. The van der Waals surface area contributed by atoms with Gasteiger partial charge in [0.1, 0.15) is 0 Å². The number of hydrogen-bond donors (Lipinski definition) is 2. The SMILES string of the molecule is C.C.C.C.CCC(C)c1ccc(CN(CC(=O)O)CC(=O)O)cc1.CCC(C)c1ccc(C[P+](C)(c2ccccc2)c2ccccc2)cc1.CCC([NH-])CC(C)[NH-].[Cu+2].[Fe]. The Bertz CT molecular complexity index is 1560. The number of benzene rings is 4. The van der Waals surface area contributed by atoms with E-state index in [1.807, 2.05) is 38.1 Å². The maximum atomic E-state index is 10.7. The third kappa shape index (κ3) is 24.3. The van der Waals surface area contributed by atoms with Crippen LogP contribution in [0.5, 0.6) is 0 Å². The number of aliphatic carboxylic acids is 2. The molecule has 0 fully saturated rings. The van der Waals surface area contributed by atoms with Gasteiger partial charge in [-0.3, -0.25) is 14.5 Å². The van der Waals surface area contributed by atoms with E-state index in [4.69, 9.17) is 21.7 Å². The third-order valence-electron chi connectivity index (χ3n) is 9.73. The second-order valence-corrected chi connectivity index (χ2v) is 18.0. The van der Waals surface area contributed by atoms with Gasteiger partial charge >= 0.3 is 29.0 Å². The smallest absolute Gasteiger partial charge is 0.675 e. The summed E-state index contributed by atoms with van der Waals surface area (Å²) in [5.41, 5.74) is 19.4. The Hall–Kier alpha value is -2.83. The van der Waals surface area contributed by atoms with E-state index in [0.29, 0.717) is 18.4 Å². The number of carboxylic acid groups (broad SMARTS) is 2. The molecule has 4 unspecified atom stereocenters. The standard InChI is InChI=1S/C24H28P.C15H21NO4.C6H14N2.4CH4.Cu.Fe/c1-4-20(2)22-17-15-21(16-18-22)19-25(3,23-11-7-5-8-12-23)24-13-9-6-10-14-24;1-3-11(2)13-6-4-12(5-7-13)8-16(9-14(17)18)10-15(19)20;1-3-6(8)4-5(2)7;;;;;;/h5-18,20H,4,19H2,1-3H3;4-7,11H,3,8-10H2,1-2H3,(H,17,18)(H,19,20);5-8H,3-4H2,1-2H3;4*1H4;;/q+1;;-2;;;;;+2;. The van der Waals surface area contributed by atoms with E-state index in [9.17, 15) is 9.59 Å². The zero-order valence-electron chi connectivity index (χ0n) is 33.6. The van der Waals surface area contributed by atoms with Gasteiger partial charge in [-0.15, -0.1) is 12.1 Å². The van der Waals surface area contributed by atoms with Gasteiger partial charge in [0.15, 0.2) is 0 Å². The van der Waals surface area contributed by atoms with Crippen molar-refractivity contribution in [3.63, 3.8) is 0 Å². The number of nitrogens with zero attached hydrogens (tertiary/aromatic N) is 1. The van der Waals surface area contributed by atoms with Gasteiger partial charge in [-0.05, 0) is 71.2 Å². The van der Waals surface area contributed by atoms with Gasteiger partial charge in [0.05, 0.1) is 43.8 Å². The Morgan fingerprint density at radius 2 is 0.966 bits per heavy atom. The molecule has 4 N–H and O–H groups in total. The summed E-state index contributed by atoms with van der Waals surface area (Å²) in [6.45, 7) is 14.9. The van der Waals surface area contributed by atoms with E-state index < -0.39 is 19.2 Å². The van der Waals surface area contributed by atoms with Gasteiger partial charge in [-0.25, -0.2) is 0 Å². The molecule has 4 aromatic rings. The minimum atomic E-state index is -1.44. The molecule has 0 saturated heterocycles. The Labute approximate surface area is 382 Å². The average molecular weight is 925 g/mol. The largest absolute Gasteiger partial charge is 2.00 e. The van der Waals surface area contributed by atoms with Crippen LogP contribution in [0.2, 0.25) is 0 Å². The normalized spacial score (nSPS) is 12.0. The predicted molar refractivity (Wildman–Crippen MR) is 253 cm³/mol. The molecular formula is C49H79CuFeN3O4P+. The summed E-state index contributed by atoms with van der Waals surface area (Å²) >= 11 is 0. The van der Waals surface area contributed by atoms with E-state index >= 15 is 0 Å². The topological polar surface area (TPSA) is 125 Å². The Morgan fingerprint density at radius 3 is 1.25 bits per heavy atom. The zero-order valence-corrected chi connectivity index (χ0v) is 36.6. The molecule has 337 valence electrons. The van der Waals surface area contributed by atoms with Gasteiger partial charge in [-0.2, -0.15) is 0 Å². The Morgan fingerprint density at radius 1 is 0.610 bits per heavy atom. The predicted octanol–water partition coefficient (Wildman–Crippen LogP) is 13.4. The van der Waals surface area contributed by atoms with Crippen LogP contribution in [0.15, 0.2) is 109 Å². The number of hydrogen-bond acceptors (Lipinski definition) is 3. The molecule has 0 bridgehead atoms. The van der Waals surface area contributed by atoms with E-state index in [1.54, 1.807) is 0 Å². The first-order chi connectivity index (χ1) is 25.2. The number of rotatable bonds is 17. The minimum Gasteiger partial charge on any atom is -0.675 e. The molecule has 4 rings (SSSR count). The summed E-state index contributed by atoms with van der Waals surface area (Å²) in [7, 11) is -1.44. The second-order valence-electron chi connectivity index (χ2n) is 14.3. The monoisotopic (exact) mass is 923 g/mol. The minimum absolute atomic E-state index is 0. The molecule has 0 saturated carbocycles. The number of nitrogens with one attached hydrogen (secondary N) is 2. The van der Waals surface area contributed by atoms with Crippen molar-refractivity contribution in [3.05, 3.63) is 143 Å². The van der Waals surface area contributed by atoms with Gasteiger partial charge in [0.2, 0.25) is 0 Å². The molecule has 0 aliphatic heterocycles. The molecule has 0 aliphatic rings. The van der Waals surface area contributed by atoms with Gasteiger partial charge in [0, 0.05) is 23.6 Å². The number of carboxylic acids is 2. The van der Waals surface area contributed by atoms with Crippen LogP contribution < -0.4 is 10.6 Å². The molecule has 10 heteroatoms. The first-order valence-electron chi connectivity index (χ1n) is 18.9. The average Bonchev–Trinajstić information content (AvgIpc) is 3.15.